The summed E-state index contributed by atoms with van der Waals surface area (Å²) >= 11 is 0. The van der Waals surface area contributed by atoms with Gasteiger partial charge in [0.1, 0.15) is 5.76 Å². The Kier molecular flexibility index (Phi) is 4.41. The molecule has 0 saturated heterocycles. The first-order chi connectivity index (χ1) is 10.7. The molecule has 0 radical (unpaired) electrons. The molecule has 116 valence electrons. The quantitative estimate of drug-likeness (QED) is 0.644. The normalized spacial score (nSPS) is 18.9. The summed E-state index contributed by atoms with van der Waals surface area (Å²) < 4.78 is 0. The van der Waals surface area contributed by atoms with Gasteiger partial charge in [0.25, 0.3) is 0 Å². The summed E-state index contributed by atoms with van der Waals surface area (Å²) in [4.78, 5) is 24.3. The van der Waals surface area contributed by atoms with Crippen LogP contribution in [-0.4, -0.2) is 16.7 Å². The Morgan fingerprint density at radius 1 is 0.955 bits per heavy atom. The van der Waals surface area contributed by atoms with Crippen LogP contribution < -0.4 is 0 Å². The third-order valence-corrected chi connectivity index (χ3v) is 4.96. The zero-order valence-corrected chi connectivity index (χ0v) is 12.8. The standard InChI is InChI=1S/C19H22O3/c20-17-14-10-5-6-11-15(14)18(21)19(22)16(17)12-4-3-9-13-7-1-2-8-13/h5-6,10-11,13,20H,1-4,7-9,12H2. The summed E-state index contributed by atoms with van der Waals surface area (Å²) in [5.41, 5.74) is 1.12. The molecule has 1 aromatic rings. The largest absolute Gasteiger partial charge is 0.507 e. The van der Waals surface area contributed by atoms with Gasteiger partial charge in [-0.05, 0) is 18.8 Å². The molecular formula is C19H22O3. The number of aliphatic hydroxyl groups excluding tert-OH is 1. The minimum atomic E-state index is -0.530. The fraction of sp³-hybridized carbons (Fsp3) is 0.474. The number of allylic oxidation sites excluding steroid dienone is 1. The first kappa shape index (κ1) is 15.0. The number of benzene rings is 1. The van der Waals surface area contributed by atoms with E-state index in [4.69, 9.17) is 0 Å². The van der Waals surface area contributed by atoms with E-state index >= 15 is 0 Å². The zero-order chi connectivity index (χ0) is 15.5. The molecule has 0 aromatic heterocycles. The maximum atomic E-state index is 12.2. The second-order valence-electron chi connectivity index (χ2n) is 6.43. The lowest BCUT2D eigenvalue weighted by Gasteiger charge is -2.17. The van der Waals surface area contributed by atoms with Gasteiger partial charge >= 0.3 is 0 Å². The molecule has 3 heteroatoms. The number of hydrogen-bond acceptors (Lipinski definition) is 3. The van der Waals surface area contributed by atoms with Crippen molar-refractivity contribution in [3.8, 4) is 0 Å². The van der Waals surface area contributed by atoms with Crippen LogP contribution in [0.1, 0.15) is 67.3 Å². The van der Waals surface area contributed by atoms with Crippen molar-refractivity contribution in [1.82, 2.24) is 0 Å². The molecule has 1 N–H and O–H groups in total. The van der Waals surface area contributed by atoms with Gasteiger partial charge in [-0.3, -0.25) is 9.59 Å². The van der Waals surface area contributed by atoms with Crippen LogP contribution in [0.4, 0.5) is 0 Å². The van der Waals surface area contributed by atoms with Crippen molar-refractivity contribution in [1.29, 1.82) is 0 Å². The lowest BCUT2D eigenvalue weighted by molar-refractivity contribution is -0.112. The Bertz CT molecular complexity index is 621. The van der Waals surface area contributed by atoms with Crippen molar-refractivity contribution in [2.45, 2.75) is 51.4 Å². The molecule has 0 amide bonds. The highest BCUT2D eigenvalue weighted by Crippen LogP contribution is 2.32. The summed E-state index contributed by atoms with van der Waals surface area (Å²) in [6, 6.07) is 6.79. The lowest BCUT2D eigenvalue weighted by atomic mass is 9.86. The number of hydrogen-bond donors (Lipinski definition) is 1. The van der Waals surface area contributed by atoms with Gasteiger partial charge in [0.15, 0.2) is 0 Å². The van der Waals surface area contributed by atoms with Crippen molar-refractivity contribution in [2.75, 3.05) is 0 Å². The number of fused-ring (bicyclic) bond motifs is 1. The average Bonchev–Trinajstić information content (AvgIpc) is 3.05. The molecule has 2 aliphatic rings. The van der Waals surface area contributed by atoms with Crippen molar-refractivity contribution in [2.24, 2.45) is 5.92 Å². The van der Waals surface area contributed by atoms with E-state index in [1.807, 2.05) is 0 Å². The molecule has 0 heterocycles. The molecule has 0 bridgehead atoms. The van der Waals surface area contributed by atoms with E-state index in [0.717, 1.165) is 18.8 Å². The minimum absolute atomic E-state index is 0.000987. The molecule has 0 aliphatic heterocycles. The van der Waals surface area contributed by atoms with Gasteiger partial charge in [0.2, 0.25) is 11.6 Å². The van der Waals surface area contributed by atoms with Crippen molar-refractivity contribution in [3.63, 3.8) is 0 Å². The van der Waals surface area contributed by atoms with E-state index in [9.17, 15) is 14.7 Å². The topological polar surface area (TPSA) is 54.4 Å². The fourth-order valence-corrected chi connectivity index (χ4v) is 3.68. The van der Waals surface area contributed by atoms with Crippen molar-refractivity contribution >= 4 is 17.3 Å². The van der Waals surface area contributed by atoms with E-state index in [1.165, 1.54) is 32.1 Å². The molecule has 22 heavy (non-hydrogen) atoms. The maximum absolute atomic E-state index is 12.2. The van der Waals surface area contributed by atoms with E-state index in [2.05, 4.69) is 0 Å². The van der Waals surface area contributed by atoms with E-state index in [1.54, 1.807) is 24.3 Å². The number of carbonyl (C=O) groups excluding carboxylic acids is 2. The zero-order valence-electron chi connectivity index (χ0n) is 12.8. The number of unbranched alkanes of at least 4 members (excludes halogenated alkanes) is 1. The van der Waals surface area contributed by atoms with Crippen molar-refractivity contribution < 1.29 is 14.7 Å². The third kappa shape index (κ3) is 2.85. The molecule has 0 spiro atoms. The Hall–Kier alpha value is -1.90. The van der Waals surface area contributed by atoms with Gasteiger partial charge < -0.3 is 5.11 Å². The second kappa shape index (κ2) is 6.47. The lowest BCUT2D eigenvalue weighted by Crippen LogP contribution is -2.24. The third-order valence-electron chi connectivity index (χ3n) is 4.96. The maximum Gasteiger partial charge on any atom is 0.234 e. The summed E-state index contributed by atoms with van der Waals surface area (Å²) in [6.45, 7) is 0. The fourth-order valence-electron chi connectivity index (χ4n) is 3.68. The van der Waals surface area contributed by atoms with Gasteiger partial charge in [0.05, 0.1) is 0 Å². The van der Waals surface area contributed by atoms with Crippen molar-refractivity contribution in [3.05, 3.63) is 41.0 Å². The van der Waals surface area contributed by atoms with E-state index in [-0.39, 0.29) is 5.76 Å². The van der Waals surface area contributed by atoms with Gasteiger partial charge in [-0.15, -0.1) is 0 Å². The summed E-state index contributed by atoms with van der Waals surface area (Å²) in [5.74, 6) is -0.177. The minimum Gasteiger partial charge on any atom is -0.507 e. The number of rotatable bonds is 5. The first-order valence-electron chi connectivity index (χ1n) is 8.29. The highest BCUT2D eigenvalue weighted by molar-refractivity contribution is 6.52. The number of carbonyl (C=O) groups is 2. The SMILES string of the molecule is O=C1C(=O)c2ccccc2C(O)=C1CCCCC1CCCC1. The van der Waals surface area contributed by atoms with E-state index in [0.29, 0.717) is 23.1 Å². The highest BCUT2D eigenvalue weighted by atomic mass is 16.3. The second-order valence-corrected chi connectivity index (χ2v) is 6.43. The van der Waals surface area contributed by atoms with Gasteiger partial charge in [0, 0.05) is 16.7 Å². The molecule has 0 unspecified atom stereocenters. The predicted molar refractivity (Wildman–Crippen MR) is 85.8 cm³/mol. The molecule has 3 rings (SSSR count). The molecule has 1 fully saturated rings. The smallest absolute Gasteiger partial charge is 0.234 e. The average molecular weight is 298 g/mol. The number of ketones is 2. The van der Waals surface area contributed by atoms with E-state index < -0.39 is 11.6 Å². The number of Topliss-reactive ketones (excluding diaryl/α,β-unsaturated/α-hetero) is 2. The number of aliphatic hydroxyl groups is 1. The van der Waals surface area contributed by atoms with Crippen LogP contribution >= 0.6 is 0 Å². The monoisotopic (exact) mass is 298 g/mol. The van der Waals surface area contributed by atoms with Crippen LogP contribution in [0.2, 0.25) is 0 Å². The Morgan fingerprint density at radius 2 is 1.64 bits per heavy atom. The summed E-state index contributed by atoms with van der Waals surface area (Å²) in [6.07, 6.45) is 8.98. The van der Waals surface area contributed by atoms with Crippen LogP contribution in [0.15, 0.2) is 29.8 Å². The molecule has 1 saturated carbocycles. The Morgan fingerprint density at radius 3 is 2.36 bits per heavy atom. The van der Waals surface area contributed by atoms with Crippen LogP contribution in [0.5, 0.6) is 0 Å². The van der Waals surface area contributed by atoms with Gasteiger partial charge in [-0.1, -0.05) is 62.8 Å². The van der Waals surface area contributed by atoms with Crippen LogP contribution in [0.3, 0.4) is 0 Å². The first-order valence-corrected chi connectivity index (χ1v) is 8.29. The molecule has 2 aliphatic carbocycles. The van der Waals surface area contributed by atoms with Crippen LogP contribution in [0, 0.1) is 5.92 Å². The Balaban J connectivity index is 1.67. The molecule has 0 atom stereocenters. The van der Waals surface area contributed by atoms with Crippen LogP contribution in [0.25, 0.3) is 5.76 Å². The molecule has 1 aromatic carbocycles. The molecular weight excluding hydrogens is 276 g/mol. The van der Waals surface area contributed by atoms with Gasteiger partial charge in [-0.2, -0.15) is 0 Å². The Labute approximate surface area is 131 Å². The summed E-state index contributed by atoms with van der Waals surface area (Å²) in [7, 11) is 0. The molecule has 3 nitrogen and oxygen atoms in total. The van der Waals surface area contributed by atoms with Gasteiger partial charge in [-0.25, -0.2) is 0 Å². The predicted octanol–water partition coefficient (Wildman–Crippen LogP) is 4.47. The van der Waals surface area contributed by atoms with Crippen LogP contribution in [-0.2, 0) is 4.79 Å². The highest BCUT2D eigenvalue weighted by Gasteiger charge is 2.31. The summed E-state index contributed by atoms with van der Waals surface area (Å²) in [5, 5.41) is 10.3.